The van der Waals surface area contributed by atoms with E-state index in [2.05, 4.69) is 12.6 Å². The quantitative estimate of drug-likeness (QED) is 0.428. The molecule has 0 aromatic carbocycles. The minimum Gasteiger partial charge on any atom is -0.283 e. The first kappa shape index (κ1) is 16.0. The van der Waals surface area contributed by atoms with Crippen LogP contribution in [0.5, 0.6) is 0 Å². The molecule has 0 N–H and O–H groups in total. The molecule has 0 aliphatic carbocycles. The molecule has 2 fully saturated rings. The predicted octanol–water partition coefficient (Wildman–Crippen LogP) is 0.753. The van der Waals surface area contributed by atoms with Gasteiger partial charge in [0.15, 0.2) is 0 Å². The third-order valence-electron chi connectivity index (χ3n) is 3.89. The lowest BCUT2D eigenvalue weighted by atomic mass is 10.2. The van der Waals surface area contributed by atoms with Crippen LogP contribution in [0.4, 0.5) is 0 Å². The highest BCUT2D eigenvalue weighted by Gasteiger charge is 2.35. The van der Waals surface area contributed by atoms with Crippen molar-refractivity contribution in [2.24, 2.45) is 0 Å². The maximum atomic E-state index is 11.6. The van der Waals surface area contributed by atoms with E-state index >= 15 is 0 Å². The number of rotatable bonds is 7. The van der Waals surface area contributed by atoms with E-state index in [0.29, 0.717) is 25.9 Å². The van der Waals surface area contributed by atoms with Crippen LogP contribution in [0.1, 0.15) is 44.9 Å². The highest BCUT2D eigenvalue weighted by molar-refractivity contribution is 7.81. The van der Waals surface area contributed by atoms with Gasteiger partial charge in [0.2, 0.25) is 23.6 Å². The van der Waals surface area contributed by atoms with E-state index in [1.165, 1.54) is 9.80 Å². The Morgan fingerprint density at radius 2 is 1.33 bits per heavy atom. The lowest BCUT2D eigenvalue weighted by Crippen LogP contribution is -2.32. The van der Waals surface area contributed by atoms with Gasteiger partial charge in [0.05, 0.1) is 5.25 Å². The van der Waals surface area contributed by atoms with Crippen molar-refractivity contribution in [1.29, 1.82) is 0 Å². The number of nitrogens with zero attached hydrogens (tertiary/aromatic N) is 2. The molecular weight excluding hydrogens is 292 g/mol. The summed E-state index contributed by atoms with van der Waals surface area (Å²) in [5, 5.41) is -0.482. The van der Waals surface area contributed by atoms with Crippen LogP contribution in [0.25, 0.3) is 0 Å². The summed E-state index contributed by atoms with van der Waals surface area (Å²) in [6.45, 7) is 0.925. The molecule has 0 radical (unpaired) electrons. The van der Waals surface area contributed by atoms with E-state index < -0.39 is 5.25 Å². The first-order valence-electron chi connectivity index (χ1n) is 7.36. The van der Waals surface area contributed by atoms with E-state index in [4.69, 9.17) is 0 Å². The molecule has 2 aliphatic rings. The van der Waals surface area contributed by atoms with Crippen molar-refractivity contribution in [3.63, 3.8) is 0 Å². The van der Waals surface area contributed by atoms with Crippen molar-refractivity contribution in [2.75, 3.05) is 13.1 Å². The molecular formula is C14H20N2O4S. The van der Waals surface area contributed by atoms with Crippen molar-refractivity contribution in [2.45, 2.75) is 50.2 Å². The average Bonchev–Trinajstić information content (AvgIpc) is 2.88. The topological polar surface area (TPSA) is 74.8 Å². The molecule has 0 aromatic heterocycles. The van der Waals surface area contributed by atoms with Crippen molar-refractivity contribution in [3.8, 4) is 0 Å². The zero-order valence-electron chi connectivity index (χ0n) is 11.9. The summed E-state index contributed by atoms with van der Waals surface area (Å²) >= 11 is 4.07. The van der Waals surface area contributed by atoms with Crippen LogP contribution in [0, 0.1) is 0 Å². The van der Waals surface area contributed by atoms with E-state index in [1.54, 1.807) is 0 Å². The second-order valence-corrected chi connectivity index (χ2v) is 6.08. The van der Waals surface area contributed by atoms with Gasteiger partial charge in [-0.05, 0) is 12.8 Å². The zero-order chi connectivity index (χ0) is 15.4. The van der Waals surface area contributed by atoms with Crippen molar-refractivity contribution < 1.29 is 19.2 Å². The minimum absolute atomic E-state index is 0.0759. The Kier molecular flexibility index (Phi) is 5.39. The molecule has 0 aromatic rings. The molecule has 2 saturated heterocycles. The van der Waals surface area contributed by atoms with Crippen LogP contribution in [0.2, 0.25) is 0 Å². The first-order chi connectivity index (χ1) is 10.0. The number of carbonyl (C=O) groups excluding carboxylic acids is 4. The standard InChI is InChI=1S/C14H20N2O4S/c17-11-5-6-12(18)15(11)7-3-1-2-4-8-16-13(19)9-10(21)14(16)20/h10,21H,1-9H2/t10-/m1/s1. The number of carbonyl (C=O) groups is 4. The van der Waals surface area contributed by atoms with Gasteiger partial charge in [-0.1, -0.05) is 12.8 Å². The van der Waals surface area contributed by atoms with Crippen molar-refractivity contribution in [3.05, 3.63) is 0 Å². The van der Waals surface area contributed by atoms with E-state index in [1.807, 2.05) is 0 Å². The molecule has 6 nitrogen and oxygen atoms in total. The summed E-state index contributed by atoms with van der Waals surface area (Å²) in [5.74, 6) is -0.494. The fraction of sp³-hybridized carbons (Fsp3) is 0.714. The van der Waals surface area contributed by atoms with E-state index in [0.717, 1.165) is 25.7 Å². The third kappa shape index (κ3) is 3.84. The molecule has 7 heteroatoms. The average molecular weight is 312 g/mol. The minimum atomic E-state index is -0.482. The van der Waals surface area contributed by atoms with Gasteiger partial charge < -0.3 is 0 Å². The van der Waals surface area contributed by atoms with Crippen LogP contribution >= 0.6 is 12.6 Å². The first-order valence-corrected chi connectivity index (χ1v) is 7.88. The molecule has 2 heterocycles. The maximum Gasteiger partial charge on any atom is 0.242 e. The third-order valence-corrected chi connectivity index (χ3v) is 4.29. The van der Waals surface area contributed by atoms with Crippen molar-refractivity contribution in [1.82, 2.24) is 9.80 Å². The van der Waals surface area contributed by atoms with Crippen LogP contribution in [0.3, 0.4) is 0 Å². The van der Waals surface area contributed by atoms with Crippen LogP contribution < -0.4 is 0 Å². The molecule has 0 spiro atoms. The molecule has 21 heavy (non-hydrogen) atoms. The lowest BCUT2D eigenvalue weighted by molar-refractivity contribution is -0.140. The smallest absolute Gasteiger partial charge is 0.242 e. The Morgan fingerprint density at radius 3 is 1.81 bits per heavy atom. The summed E-state index contributed by atoms with van der Waals surface area (Å²) in [7, 11) is 0. The highest BCUT2D eigenvalue weighted by atomic mass is 32.1. The second kappa shape index (κ2) is 7.06. The Morgan fingerprint density at radius 1 is 0.810 bits per heavy atom. The summed E-state index contributed by atoms with van der Waals surface area (Å²) in [4.78, 5) is 48.6. The van der Waals surface area contributed by atoms with Gasteiger partial charge in [-0.25, -0.2) is 0 Å². The number of hydrogen-bond donors (Lipinski definition) is 1. The number of unbranched alkanes of at least 4 members (excludes halogenated alkanes) is 3. The fourth-order valence-corrected chi connectivity index (χ4v) is 2.96. The monoisotopic (exact) mass is 312 g/mol. The number of thiol groups is 1. The SMILES string of the molecule is O=C1CCC(=O)N1CCCCCCN1C(=O)C[C@@H](S)C1=O. The molecule has 116 valence electrons. The molecule has 0 bridgehead atoms. The van der Waals surface area contributed by atoms with Gasteiger partial charge in [-0.2, -0.15) is 12.6 Å². The highest BCUT2D eigenvalue weighted by Crippen LogP contribution is 2.19. The Hall–Kier alpha value is -1.37. The summed E-state index contributed by atoms with van der Waals surface area (Å²) in [5.41, 5.74) is 0. The van der Waals surface area contributed by atoms with Gasteiger partial charge in [-0.15, -0.1) is 0 Å². The predicted molar refractivity (Wildman–Crippen MR) is 78.5 cm³/mol. The lowest BCUT2D eigenvalue weighted by Gasteiger charge is -2.15. The number of imide groups is 2. The molecule has 1 atom stereocenters. The molecule has 2 rings (SSSR count). The summed E-state index contributed by atoms with van der Waals surface area (Å²) < 4.78 is 0. The number of amides is 4. The van der Waals surface area contributed by atoms with E-state index in [9.17, 15) is 19.2 Å². The molecule has 0 unspecified atom stereocenters. The second-order valence-electron chi connectivity index (χ2n) is 5.46. The molecule has 2 aliphatic heterocycles. The van der Waals surface area contributed by atoms with Gasteiger partial charge in [0.25, 0.3) is 0 Å². The van der Waals surface area contributed by atoms with Gasteiger partial charge in [-0.3, -0.25) is 29.0 Å². The van der Waals surface area contributed by atoms with Crippen LogP contribution in [-0.2, 0) is 19.2 Å². The van der Waals surface area contributed by atoms with Gasteiger partial charge in [0.1, 0.15) is 0 Å². The number of hydrogen-bond acceptors (Lipinski definition) is 5. The van der Waals surface area contributed by atoms with Gasteiger partial charge >= 0.3 is 0 Å². The fourth-order valence-electron chi connectivity index (χ4n) is 2.67. The van der Waals surface area contributed by atoms with Crippen LogP contribution in [0.15, 0.2) is 0 Å². The number of likely N-dealkylation sites (tertiary alicyclic amines) is 2. The largest absolute Gasteiger partial charge is 0.283 e. The van der Waals surface area contributed by atoms with E-state index in [-0.39, 0.29) is 30.0 Å². The maximum absolute atomic E-state index is 11.6. The molecule has 4 amide bonds. The Labute approximate surface area is 129 Å². The summed E-state index contributed by atoms with van der Waals surface area (Å²) in [6, 6.07) is 0. The Balaban J connectivity index is 1.58. The molecule has 0 saturated carbocycles. The Bertz CT molecular complexity index is 450. The van der Waals surface area contributed by atoms with Gasteiger partial charge in [0, 0.05) is 32.4 Å². The van der Waals surface area contributed by atoms with Crippen molar-refractivity contribution >= 4 is 36.3 Å². The van der Waals surface area contributed by atoms with Crippen LogP contribution in [-0.4, -0.2) is 51.8 Å². The normalized spacial score (nSPS) is 22.8. The zero-order valence-corrected chi connectivity index (χ0v) is 12.8. The summed E-state index contributed by atoms with van der Waals surface area (Å²) in [6.07, 6.45) is 4.13.